The van der Waals surface area contributed by atoms with Crippen molar-refractivity contribution in [3.05, 3.63) is 91.8 Å². The van der Waals surface area contributed by atoms with Gasteiger partial charge < -0.3 is 5.32 Å². The van der Waals surface area contributed by atoms with Crippen LogP contribution in [0.3, 0.4) is 0 Å². The molecule has 0 aliphatic carbocycles. The lowest BCUT2D eigenvalue weighted by atomic mass is 10.1. The quantitative estimate of drug-likeness (QED) is 0.682. The molecule has 0 radical (unpaired) electrons. The molecule has 0 bridgehead atoms. The largest absolute Gasteiger partial charge is 0.352 e. The van der Waals surface area contributed by atoms with Gasteiger partial charge in [0.25, 0.3) is 11.5 Å². The Labute approximate surface area is 175 Å². The maximum atomic E-state index is 13.2. The summed E-state index contributed by atoms with van der Waals surface area (Å²) >= 11 is 0. The summed E-state index contributed by atoms with van der Waals surface area (Å²) in [5.74, 6) is -0.589. The highest BCUT2D eigenvalue weighted by molar-refractivity contribution is 5.91. The standard InChI is InChI=1S/C23H26N4O3/c1-5-17(4)24-21(28)20-22(29)26(14-18-9-7-6-8-16(18)3)23(30)27(25-20)19-12-10-15(2)11-13-19/h6-13,17H,5,14H2,1-4H3,(H,24,28). The van der Waals surface area contributed by atoms with Crippen molar-refractivity contribution in [1.29, 1.82) is 0 Å². The van der Waals surface area contributed by atoms with Crippen LogP contribution in [0.15, 0.2) is 58.1 Å². The number of rotatable bonds is 6. The molecule has 1 unspecified atom stereocenters. The van der Waals surface area contributed by atoms with E-state index in [0.717, 1.165) is 25.9 Å². The maximum Gasteiger partial charge on any atom is 0.352 e. The zero-order valence-corrected chi connectivity index (χ0v) is 17.7. The number of carbonyl (C=O) groups excluding carboxylic acids is 1. The van der Waals surface area contributed by atoms with E-state index >= 15 is 0 Å². The predicted octanol–water partition coefficient (Wildman–Crippen LogP) is 2.59. The van der Waals surface area contributed by atoms with Gasteiger partial charge in [-0.05, 0) is 50.5 Å². The third-order valence-electron chi connectivity index (χ3n) is 5.13. The van der Waals surface area contributed by atoms with Crippen molar-refractivity contribution in [3.63, 3.8) is 0 Å². The second-order valence-electron chi connectivity index (χ2n) is 7.48. The Bertz CT molecular complexity index is 1180. The highest BCUT2D eigenvalue weighted by Crippen LogP contribution is 2.09. The molecule has 1 amide bonds. The van der Waals surface area contributed by atoms with Gasteiger partial charge in [-0.15, -0.1) is 0 Å². The number of hydrogen-bond acceptors (Lipinski definition) is 4. The summed E-state index contributed by atoms with van der Waals surface area (Å²) in [7, 11) is 0. The topological polar surface area (TPSA) is 86.0 Å². The number of carbonyl (C=O) groups is 1. The smallest absolute Gasteiger partial charge is 0.348 e. The average Bonchev–Trinajstić information content (AvgIpc) is 2.73. The molecule has 156 valence electrons. The Kier molecular flexibility index (Phi) is 6.30. The van der Waals surface area contributed by atoms with Crippen molar-refractivity contribution in [2.24, 2.45) is 0 Å². The summed E-state index contributed by atoms with van der Waals surface area (Å²) < 4.78 is 2.19. The molecular formula is C23H26N4O3. The lowest BCUT2D eigenvalue weighted by molar-refractivity contribution is 0.0929. The zero-order chi connectivity index (χ0) is 21.8. The highest BCUT2D eigenvalue weighted by atomic mass is 16.2. The molecule has 2 aromatic carbocycles. The maximum absolute atomic E-state index is 13.2. The van der Waals surface area contributed by atoms with Gasteiger partial charge in [0, 0.05) is 6.04 Å². The summed E-state index contributed by atoms with van der Waals surface area (Å²) in [5, 5.41) is 6.91. The highest BCUT2D eigenvalue weighted by Gasteiger charge is 2.21. The van der Waals surface area contributed by atoms with Crippen LogP contribution >= 0.6 is 0 Å². The minimum absolute atomic E-state index is 0.0579. The van der Waals surface area contributed by atoms with Crippen LogP contribution in [0.5, 0.6) is 0 Å². The molecule has 1 heterocycles. The number of nitrogens with one attached hydrogen (secondary N) is 1. The van der Waals surface area contributed by atoms with Gasteiger partial charge in [-0.1, -0.05) is 48.9 Å². The van der Waals surface area contributed by atoms with Crippen LogP contribution in [0.4, 0.5) is 0 Å². The molecule has 7 heteroatoms. The Morgan fingerprint density at radius 2 is 1.73 bits per heavy atom. The number of aryl methyl sites for hydroxylation is 2. The first kappa shape index (κ1) is 21.2. The van der Waals surface area contributed by atoms with Crippen LogP contribution in [0.1, 0.15) is 47.4 Å². The third kappa shape index (κ3) is 4.40. The van der Waals surface area contributed by atoms with Gasteiger partial charge in [-0.2, -0.15) is 9.78 Å². The zero-order valence-electron chi connectivity index (χ0n) is 17.7. The fourth-order valence-corrected chi connectivity index (χ4v) is 3.00. The van der Waals surface area contributed by atoms with E-state index in [4.69, 9.17) is 0 Å². The molecule has 1 atom stereocenters. The van der Waals surface area contributed by atoms with E-state index in [1.165, 1.54) is 0 Å². The van der Waals surface area contributed by atoms with E-state index in [0.29, 0.717) is 12.1 Å². The van der Waals surface area contributed by atoms with E-state index in [-0.39, 0.29) is 18.3 Å². The second kappa shape index (κ2) is 8.90. The summed E-state index contributed by atoms with van der Waals surface area (Å²) in [5.41, 5.74) is 1.69. The molecule has 1 aromatic heterocycles. The van der Waals surface area contributed by atoms with E-state index in [2.05, 4.69) is 10.4 Å². The number of amides is 1. The van der Waals surface area contributed by atoms with E-state index in [1.54, 1.807) is 12.1 Å². The molecule has 3 aromatic rings. The first-order chi connectivity index (χ1) is 14.3. The molecule has 0 spiro atoms. The third-order valence-corrected chi connectivity index (χ3v) is 5.13. The van der Waals surface area contributed by atoms with Gasteiger partial charge >= 0.3 is 5.69 Å². The van der Waals surface area contributed by atoms with Crippen LogP contribution in [0.25, 0.3) is 5.69 Å². The molecule has 0 saturated carbocycles. The molecule has 1 N–H and O–H groups in total. The van der Waals surface area contributed by atoms with Crippen LogP contribution in [-0.2, 0) is 6.54 Å². The van der Waals surface area contributed by atoms with Crippen LogP contribution in [-0.4, -0.2) is 26.3 Å². The average molecular weight is 406 g/mol. The lowest BCUT2D eigenvalue weighted by Crippen LogP contribution is -2.47. The van der Waals surface area contributed by atoms with Crippen molar-refractivity contribution in [3.8, 4) is 5.69 Å². The summed E-state index contributed by atoms with van der Waals surface area (Å²) in [6, 6.07) is 14.6. The van der Waals surface area contributed by atoms with Crippen molar-refractivity contribution in [1.82, 2.24) is 19.7 Å². The summed E-state index contributed by atoms with van der Waals surface area (Å²) in [6.45, 7) is 7.69. The Hall–Kier alpha value is -3.48. The molecule has 0 aliphatic heterocycles. The van der Waals surface area contributed by atoms with Crippen LogP contribution < -0.4 is 16.6 Å². The second-order valence-corrected chi connectivity index (χ2v) is 7.48. The Morgan fingerprint density at radius 3 is 2.37 bits per heavy atom. The van der Waals surface area contributed by atoms with Crippen molar-refractivity contribution >= 4 is 5.91 Å². The van der Waals surface area contributed by atoms with Gasteiger partial charge in [0.2, 0.25) is 5.69 Å². The number of aromatic nitrogens is 3. The fourth-order valence-electron chi connectivity index (χ4n) is 3.00. The normalized spacial score (nSPS) is 11.9. The van der Waals surface area contributed by atoms with Crippen molar-refractivity contribution in [2.75, 3.05) is 0 Å². The molecule has 30 heavy (non-hydrogen) atoms. The molecule has 0 saturated heterocycles. The minimum atomic E-state index is -0.701. The van der Waals surface area contributed by atoms with E-state index in [1.807, 2.05) is 64.1 Å². The predicted molar refractivity (Wildman–Crippen MR) is 116 cm³/mol. The number of hydrogen-bond donors (Lipinski definition) is 1. The van der Waals surface area contributed by atoms with E-state index < -0.39 is 17.2 Å². The lowest BCUT2D eigenvalue weighted by Gasteiger charge is -2.15. The van der Waals surface area contributed by atoms with Gasteiger partial charge in [0.15, 0.2) is 0 Å². The summed E-state index contributed by atoms with van der Waals surface area (Å²) in [6.07, 6.45) is 0.709. The number of nitrogens with zero attached hydrogens (tertiary/aromatic N) is 3. The summed E-state index contributed by atoms with van der Waals surface area (Å²) in [4.78, 5) is 39.0. The van der Waals surface area contributed by atoms with Crippen molar-refractivity contribution < 1.29 is 4.79 Å². The van der Waals surface area contributed by atoms with Gasteiger partial charge in [-0.25, -0.2) is 4.79 Å². The SMILES string of the molecule is CCC(C)NC(=O)c1nn(-c2ccc(C)cc2)c(=O)n(Cc2ccccc2C)c1=O. The fraction of sp³-hybridized carbons (Fsp3) is 0.304. The first-order valence-electron chi connectivity index (χ1n) is 9.98. The monoisotopic (exact) mass is 406 g/mol. The minimum Gasteiger partial charge on any atom is -0.348 e. The van der Waals surface area contributed by atoms with Crippen molar-refractivity contribution in [2.45, 2.75) is 46.7 Å². The van der Waals surface area contributed by atoms with Gasteiger partial charge in [-0.3, -0.25) is 14.2 Å². The van der Waals surface area contributed by atoms with Crippen LogP contribution in [0, 0.1) is 13.8 Å². The van der Waals surface area contributed by atoms with Gasteiger partial charge in [0.05, 0.1) is 12.2 Å². The molecule has 3 rings (SSSR count). The van der Waals surface area contributed by atoms with E-state index in [9.17, 15) is 14.4 Å². The first-order valence-corrected chi connectivity index (χ1v) is 9.98. The van der Waals surface area contributed by atoms with Gasteiger partial charge in [0.1, 0.15) is 0 Å². The molecule has 0 aliphatic rings. The Balaban J connectivity index is 2.20. The molecular weight excluding hydrogens is 380 g/mol. The molecule has 0 fully saturated rings. The molecule has 7 nitrogen and oxygen atoms in total. The number of benzene rings is 2. The van der Waals surface area contributed by atoms with Crippen LogP contribution in [0.2, 0.25) is 0 Å². The Morgan fingerprint density at radius 1 is 1.07 bits per heavy atom.